The molecule has 0 aromatic heterocycles. The van der Waals surface area contributed by atoms with E-state index in [1.165, 1.54) is 0 Å². The molecule has 29 heavy (non-hydrogen) atoms. The van der Waals surface area contributed by atoms with Gasteiger partial charge in [-0.3, -0.25) is 9.52 Å². The highest BCUT2D eigenvalue weighted by Gasteiger charge is 2.28. The van der Waals surface area contributed by atoms with Crippen LogP contribution < -0.4 is 14.9 Å². The molecule has 0 aliphatic carbocycles. The first-order valence-corrected chi connectivity index (χ1v) is 11.0. The number of benzene rings is 2. The highest BCUT2D eigenvalue weighted by molar-refractivity contribution is 7.94. The third kappa shape index (κ3) is 5.27. The lowest BCUT2D eigenvalue weighted by Crippen LogP contribution is -2.36. The van der Waals surface area contributed by atoms with Crippen molar-refractivity contribution < 1.29 is 17.9 Å². The molecule has 0 atom stereocenters. The Balaban J connectivity index is 1.67. The molecule has 2 N–H and O–H groups in total. The molecule has 0 unspecified atom stereocenters. The number of sulfonamides is 1. The molecule has 156 valence electrons. The Morgan fingerprint density at radius 3 is 2.28 bits per heavy atom. The third-order valence-electron chi connectivity index (χ3n) is 4.69. The first-order valence-electron chi connectivity index (χ1n) is 9.52. The maximum Gasteiger partial charge on any atom is 0.255 e. The van der Waals surface area contributed by atoms with Gasteiger partial charge < -0.3 is 15.0 Å². The third-order valence-corrected chi connectivity index (χ3v) is 6.80. The second kappa shape index (κ2) is 8.42. The molecule has 8 heteroatoms. The van der Waals surface area contributed by atoms with Gasteiger partial charge in [0.25, 0.3) is 5.91 Å². The van der Waals surface area contributed by atoms with E-state index < -0.39 is 14.8 Å². The molecule has 3 rings (SSSR count). The van der Waals surface area contributed by atoms with Crippen LogP contribution in [0, 0.1) is 0 Å². The standard InChI is InChI=1S/C21H27N3O4S/c1-21(2,3)29(26,27)23-17-9-7-16(8-10-17)20(25)22-18-5-4-6-19(15-18)24-11-13-28-14-12-24/h4-10,15,23H,11-14H2,1-3H3,(H,22,25). The number of morpholine rings is 1. The molecule has 1 saturated heterocycles. The molecule has 1 aliphatic rings. The number of hydrogen-bond acceptors (Lipinski definition) is 5. The number of nitrogens with one attached hydrogen (secondary N) is 2. The fourth-order valence-corrected chi connectivity index (χ4v) is 3.56. The summed E-state index contributed by atoms with van der Waals surface area (Å²) >= 11 is 0. The number of ether oxygens (including phenoxy) is 1. The Morgan fingerprint density at radius 1 is 1.00 bits per heavy atom. The molecule has 1 fully saturated rings. The van der Waals surface area contributed by atoms with Crippen LogP contribution >= 0.6 is 0 Å². The molecule has 1 heterocycles. The van der Waals surface area contributed by atoms with E-state index in [0.717, 1.165) is 18.8 Å². The molecule has 1 aliphatic heterocycles. The zero-order valence-electron chi connectivity index (χ0n) is 16.9. The Morgan fingerprint density at radius 2 is 1.66 bits per heavy atom. The van der Waals surface area contributed by atoms with E-state index >= 15 is 0 Å². The molecule has 0 saturated carbocycles. The Bertz CT molecular complexity index is 960. The minimum absolute atomic E-state index is 0.255. The molecule has 1 amide bonds. The van der Waals surface area contributed by atoms with Crippen molar-refractivity contribution in [1.82, 2.24) is 0 Å². The topological polar surface area (TPSA) is 87.7 Å². The van der Waals surface area contributed by atoms with Crippen molar-refractivity contribution in [3.8, 4) is 0 Å². The van der Waals surface area contributed by atoms with E-state index in [2.05, 4.69) is 14.9 Å². The average Bonchev–Trinajstić information content (AvgIpc) is 2.68. The van der Waals surface area contributed by atoms with Crippen molar-refractivity contribution in [3.63, 3.8) is 0 Å². The smallest absolute Gasteiger partial charge is 0.255 e. The van der Waals surface area contributed by atoms with Crippen LogP contribution in [-0.4, -0.2) is 45.4 Å². The summed E-state index contributed by atoms with van der Waals surface area (Å²) in [4.78, 5) is 14.8. The minimum atomic E-state index is -3.51. The van der Waals surface area contributed by atoms with Crippen LogP contribution in [0.25, 0.3) is 0 Å². The maximum atomic E-state index is 12.6. The fraction of sp³-hybridized carbons (Fsp3) is 0.381. The molecule has 0 spiro atoms. The highest BCUT2D eigenvalue weighted by Crippen LogP contribution is 2.22. The number of nitrogens with zero attached hydrogens (tertiary/aromatic N) is 1. The quantitative estimate of drug-likeness (QED) is 0.779. The van der Waals surface area contributed by atoms with Crippen molar-refractivity contribution >= 4 is 33.0 Å². The lowest BCUT2D eigenvalue weighted by molar-refractivity contribution is 0.102. The molecular weight excluding hydrogens is 390 g/mol. The zero-order valence-corrected chi connectivity index (χ0v) is 17.8. The maximum absolute atomic E-state index is 12.6. The summed E-state index contributed by atoms with van der Waals surface area (Å²) in [5.74, 6) is -0.255. The normalized spacial score (nSPS) is 15.1. The monoisotopic (exact) mass is 417 g/mol. The Labute approximate surface area is 172 Å². The van der Waals surface area contributed by atoms with Gasteiger partial charge in [-0.05, 0) is 63.2 Å². The van der Waals surface area contributed by atoms with Crippen LogP contribution in [0.2, 0.25) is 0 Å². The molecule has 7 nitrogen and oxygen atoms in total. The second-order valence-corrected chi connectivity index (χ2v) is 10.3. The number of hydrogen-bond donors (Lipinski definition) is 2. The van der Waals surface area contributed by atoms with Gasteiger partial charge in [0.1, 0.15) is 0 Å². The summed E-state index contributed by atoms with van der Waals surface area (Å²) in [5, 5.41) is 2.89. The van der Waals surface area contributed by atoms with Crippen LogP contribution in [0.1, 0.15) is 31.1 Å². The Kier molecular flexibility index (Phi) is 6.14. The van der Waals surface area contributed by atoms with Crippen molar-refractivity contribution in [2.45, 2.75) is 25.5 Å². The average molecular weight is 418 g/mol. The van der Waals surface area contributed by atoms with E-state index in [1.807, 2.05) is 24.3 Å². The van der Waals surface area contributed by atoms with Gasteiger partial charge in [-0.15, -0.1) is 0 Å². The fourth-order valence-electron chi connectivity index (χ4n) is 2.80. The molecule has 2 aromatic rings. The van der Waals surface area contributed by atoms with Crippen LogP contribution in [0.3, 0.4) is 0 Å². The van der Waals surface area contributed by atoms with Crippen LogP contribution in [0.4, 0.5) is 17.1 Å². The van der Waals surface area contributed by atoms with Gasteiger partial charge >= 0.3 is 0 Å². The number of amides is 1. The lowest BCUT2D eigenvalue weighted by atomic mass is 10.2. The largest absolute Gasteiger partial charge is 0.378 e. The SMILES string of the molecule is CC(C)(C)S(=O)(=O)Nc1ccc(C(=O)Nc2cccc(N3CCOCC3)c2)cc1. The van der Waals surface area contributed by atoms with Gasteiger partial charge in [0, 0.05) is 35.7 Å². The van der Waals surface area contributed by atoms with Crippen LogP contribution in [-0.2, 0) is 14.8 Å². The van der Waals surface area contributed by atoms with Gasteiger partial charge in [-0.2, -0.15) is 0 Å². The second-order valence-electron chi connectivity index (χ2n) is 7.90. The van der Waals surface area contributed by atoms with E-state index in [9.17, 15) is 13.2 Å². The van der Waals surface area contributed by atoms with E-state index in [1.54, 1.807) is 45.0 Å². The van der Waals surface area contributed by atoms with Gasteiger partial charge in [-0.1, -0.05) is 6.07 Å². The molecule has 0 radical (unpaired) electrons. The molecule has 2 aromatic carbocycles. The minimum Gasteiger partial charge on any atom is -0.378 e. The molecular formula is C21H27N3O4S. The van der Waals surface area contributed by atoms with E-state index in [0.29, 0.717) is 30.2 Å². The van der Waals surface area contributed by atoms with Gasteiger partial charge in [0.05, 0.1) is 18.0 Å². The number of anilines is 3. The predicted molar refractivity (Wildman–Crippen MR) is 116 cm³/mol. The van der Waals surface area contributed by atoms with Gasteiger partial charge in [0.15, 0.2) is 0 Å². The van der Waals surface area contributed by atoms with Crippen LogP contribution in [0.15, 0.2) is 48.5 Å². The lowest BCUT2D eigenvalue weighted by Gasteiger charge is -2.29. The summed E-state index contributed by atoms with van der Waals surface area (Å²) in [6.07, 6.45) is 0. The van der Waals surface area contributed by atoms with Crippen molar-refractivity contribution in [3.05, 3.63) is 54.1 Å². The predicted octanol–water partition coefficient (Wildman–Crippen LogP) is 3.32. The zero-order chi connectivity index (χ0) is 21.1. The summed E-state index contributed by atoms with van der Waals surface area (Å²) in [5.41, 5.74) is 2.61. The van der Waals surface area contributed by atoms with Gasteiger partial charge in [-0.25, -0.2) is 8.42 Å². The summed E-state index contributed by atoms with van der Waals surface area (Å²) < 4.78 is 31.5. The highest BCUT2D eigenvalue weighted by atomic mass is 32.2. The summed E-state index contributed by atoms with van der Waals surface area (Å²) in [7, 11) is -3.51. The first kappa shape index (κ1) is 21.1. The number of carbonyl (C=O) groups excluding carboxylic acids is 1. The number of carbonyl (C=O) groups is 1. The van der Waals surface area contributed by atoms with Gasteiger partial charge in [0.2, 0.25) is 10.0 Å². The van der Waals surface area contributed by atoms with Crippen LogP contribution in [0.5, 0.6) is 0 Å². The van der Waals surface area contributed by atoms with E-state index in [-0.39, 0.29) is 5.91 Å². The Hall–Kier alpha value is -2.58. The first-order chi connectivity index (χ1) is 13.7. The number of rotatable bonds is 5. The van der Waals surface area contributed by atoms with Crippen molar-refractivity contribution in [2.75, 3.05) is 41.2 Å². The van der Waals surface area contributed by atoms with E-state index in [4.69, 9.17) is 4.74 Å². The summed E-state index contributed by atoms with van der Waals surface area (Å²) in [6, 6.07) is 14.1. The molecule has 0 bridgehead atoms. The van der Waals surface area contributed by atoms with Crippen molar-refractivity contribution in [2.24, 2.45) is 0 Å². The summed E-state index contributed by atoms with van der Waals surface area (Å²) in [6.45, 7) is 7.92. The van der Waals surface area contributed by atoms with Crippen molar-refractivity contribution in [1.29, 1.82) is 0 Å².